The van der Waals surface area contributed by atoms with E-state index in [0.717, 1.165) is 12.1 Å². The van der Waals surface area contributed by atoms with Crippen LogP contribution < -0.4 is 5.32 Å². The van der Waals surface area contributed by atoms with Crippen molar-refractivity contribution in [2.75, 3.05) is 5.32 Å². The normalized spacial score (nSPS) is 12.0. The van der Waals surface area contributed by atoms with Gasteiger partial charge in [-0.15, -0.1) is 0 Å². The van der Waals surface area contributed by atoms with Crippen LogP contribution in [-0.4, -0.2) is 5.91 Å². The molecule has 0 aromatic heterocycles. The maximum atomic E-state index is 12.2. The van der Waals surface area contributed by atoms with E-state index >= 15 is 0 Å². The molecule has 0 fully saturated rings. The fourth-order valence-electron chi connectivity index (χ4n) is 2.00. The smallest absolute Gasteiger partial charge is 0.257 e. The van der Waals surface area contributed by atoms with Gasteiger partial charge in [-0.2, -0.15) is 0 Å². The molecule has 1 atom stereocenters. The van der Waals surface area contributed by atoms with Crippen molar-refractivity contribution in [3.63, 3.8) is 0 Å². The highest BCUT2D eigenvalue weighted by molar-refractivity contribution is 6.36. The lowest BCUT2D eigenvalue weighted by molar-refractivity contribution is 0.102. The minimum Gasteiger partial charge on any atom is -0.322 e. The van der Waals surface area contributed by atoms with Gasteiger partial charge >= 0.3 is 0 Å². The average Bonchev–Trinajstić information content (AvgIpc) is 2.49. The van der Waals surface area contributed by atoms with Gasteiger partial charge in [0.1, 0.15) is 0 Å². The summed E-state index contributed by atoms with van der Waals surface area (Å²) in [6.45, 7) is 4.33. The summed E-state index contributed by atoms with van der Waals surface area (Å²) in [6.07, 6.45) is 1.09. The molecule has 1 amide bonds. The van der Waals surface area contributed by atoms with Crippen molar-refractivity contribution in [1.82, 2.24) is 0 Å². The molecule has 0 radical (unpaired) electrons. The van der Waals surface area contributed by atoms with Crippen LogP contribution in [0.25, 0.3) is 0 Å². The predicted octanol–water partition coefficient (Wildman–Crippen LogP) is 5.76. The van der Waals surface area contributed by atoms with Crippen molar-refractivity contribution in [2.45, 2.75) is 26.2 Å². The first kappa shape index (κ1) is 15.9. The monoisotopic (exact) mass is 321 g/mol. The Morgan fingerprint density at radius 2 is 1.81 bits per heavy atom. The Bertz CT molecular complexity index is 638. The predicted molar refractivity (Wildman–Crippen MR) is 89.6 cm³/mol. The van der Waals surface area contributed by atoms with E-state index in [1.54, 1.807) is 18.2 Å². The first-order chi connectivity index (χ1) is 10.0. The summed E-state index contributed by atoms with van der Waals surface area (Å²) in [5.41, 5.74) is 2.37. The molecule has 0 saturated carbocycles. The molecule has 0 heterocycles. The zero-order valence-corrected chi connectivity index (χ0v) is 13.5. The molecule has 2 aromatic rings. The molecule has 0 saturated heterocycles. The van der Waals surface area contributed by atoms with Crippen molar-refractivity contribution in [1.29, 1.82) is 0 Å². The van der Waals surface area contributed by atoms with Crippen LogP contribution in [0.4, 0.5) is 5.69 Å². The Kier molecular flexibility index (Phi) is 5.27. The third-order valence-corrected chi connectivity index (χ3v) is 4.09. The second-order valence-corrected chi connectivity index (χ2v) is 5.85. The number of rotatable bonds is 4. The topological polar surface area (TPSA) is 29.1 Å². The molecule has 0 aliphatic rings. The minimum absolute atomic E-state index is 0.265. The van der Waals surface area contributed by atoms with Gasteiger partial charge in [-0.1, -0.05) is 49.2 Å². The molecule has 0 unspecified atom stereocenters. The number of anilines is 1. The first-order valence-corrected chi connectivity index (χ1v) is 7.63. The lowest BCUT2D eigenvalue weighted by Gasteiger charge is -2.11. The van der Waals surface area contributed by atoms with Crippen LogP contribution in [0.3, 0.4) is 0 Å². The molecule has 0 aliphatic carbocycles. The number of benzene rings is 2. The van der Waals surface area contributed by atoms with Crippen molar-refractivity contribution < 1.29 is 4.79 Å². The van der Waals surface area contributed by atoms with Crippen LogP contribution in [0.15, 0.2) is 42.5 Å². The Labute approximate surface area is 135 Å². The van der Waals surface area contributed by atoms with Crippen molar-refractivity contribution >= 4 is 34.8 Å². The van der Waals surface area contributed by atoms with Crippen molar-refractivity contribution in [3.05, 3.63) is 63.6 Å². The average molecular weight is 322 g/mol. The van der Waals surface area contributed by atoms with E-state index in [1.807, 2.05) is 24.3 Å². The highest BCUT2D eigenvalue weighted by Crippen LogP contribution is 2.23. The quantitative estimate of drug-likeness (QED) is 0.762. The van der Waals surface area contributed by atoms with Crippen LogP contribution >= 0.6 is 23.2 Å². The van der Waals surface area contributed by atoms with E-state index in [0.29, 0.717) is 21.5 Å². The zero-order valence-electron chi connectivity index (χ0n) is 12.0. The van der Waals surface area contributed by atoms with Crippen molar-refractivity contribution in [2.24, 2.45) is 0 Å². The van der Waals surface area contributed by atoms with E-state index in [1.165, 1.54) is 5.56 Å². The molecular formula is C17H17Cl2NO. The Hall–Kier alpha value is -1.51. The Balaban J connectivity index is 2.14. The van der Waals surface area contributed by atoms with E-state index in [9.17, 15) is 4.79 Å². The summed E-state index contributed by atoms with van der Waals surface area (Å²) in [5.74, 6) is 0.246. The molecule has 1 N–H and O–H groups in total. The third kappa shape index (κ3) is 3.99. The van der Waals surface area contributed by atoms with Gasteiger partial charge in [0.05, 0.1) is 10.6 Å². The molecule has 110 valence electrons. The zero-order chi connectivity index (χ0) is 15.4. The molecule has 0 bridgehead atoms. The molecule has 21 heavy (non-hydrogen) atoms. The van der Waals surface area contributed by atoms with E-state index < -0.39 is 0 Å². The van der Waals surface area contributed by atoms with Crippen LogP contribution in [0.2, 0.25) is 10.0 Å². The molecule has 2 rings (SSSR count). The SMILES string of the molecule is CC[C@H](C)c1ccc(NC(=O)c2cc(Cl)ccc2Cl)cc1. The first-order valence-electron chi connectivity index (χ1n) is 6.87. The fourth-order valence-corrected chi connectivity index (χ4v) is 2.38. The van der Waals surface area contributed by atoms with Crippen LogP contribution in [0.1, 0.15) is 42.1 Å². The van der Waals surface area contributed by atoms with Crippen LogP contribution in [-0.2, 0) is 0 Å². The number of carbonyl (C=O) groups is 1. The van der Waals surface area contributed by atoms with E-state index in [-0.39, 0.29) is 5.91 Å². The summed E-state index contributed by atoms with van der Waals surface area (Å²) >= 11 is 11.9. The second-order valence-electron chi connectivity index (χ2n) is 5.01. The van der Waals surface area contributed by atoms with Gasteiger partial charge in [-0.05, 0) is 48.2 Å². The van der Waals surface area contributed by atoms with Gasteiger partial charge in [0.2, 0.25) is 0 Å². The molecule has 2 nitrogen and oxygen atoms in total. The fraction of sp³-hybridized carbons (Fsp3) is 0.235. The number of hydrogen-bond donors (Lipinski definition) is 1. The molecular weight excluding hydrogens is 305 g/mol. The minimum atomic E-state index is -0.265. The summed E-state index contributed by atoms with van der Waals surface area (Å²) in [4.78, 5) is 12.2. The van der Waals surface area contributed by atoms with Crippen LogP contribution in [0.5, 0.6) is 0 Å². The lowest BCUT2D eigenvalue weighted by Crippen LogP contribution is -2.12. The maximum absolute atomic E-state index is 12.2. The lowest BCUT2D eigenvalue weighted by atomic mass is 9.98. The number of nitrogens with one attached hydrogen (secondary N) is 1. The second kappa shape index (κ2) is 6.97. The number of carbonyl (C=O) groups excluding carboxylic acids is 1. The standard InChI is InChI=1S/C17H17Cl2NO/c1-3-11(2)12-4-7-14(8-5-12)20-17(21)15-10-13(18)6-9-16(15)19/h4-11H,3H2,1-2H3,(H,20,21)/t11-/m0/s1. The van der Waals surface area contributed by atoms with E-state index in [2.05, 4.69) is 19.2 Å². The maximum Gasteiger partial charge on any atom is 0.257 e. The largest absolute Gasteiger partial charge is 0.322 e. The van der Waals surface area contributed by atoms with Crippen LogP contribution in [0, 0.1) is 0 Å². The summed E-state index contributed by atoms with van der Waals surface area (Å²) in [6, 6.07) is 12.7. The van der Waals surface area contributed by atoms with Crippen molar-refractivity contribution in [3.8, 4) is 0 Å². The molecule has 0 aliphatic heterocycles. The van der Waals surface area contributed by atoms with Gasteiger partial charge in [0.25, 0.3) is 5.91 Å². The van der Waals surface area contributed by atoms with Gasteiger partial charge in [-0.25, -0.2) is 0 Å². The Morgan fingerprint density at radius 3 is 2.43 bits per heavy atom. The summed E-state index contributed by atoms with van der Waals surface area (Å²) in [5, 5.41) is 3.69. The highest BCUT2D eigenvalue weighted by atomic mass is 35.5. The van der Waals surface area contributed by atoms with Gasteiger partial charge < -0.3 is 5.32 Å². The van der Waals surface area contributed by atoms with E-state index in [4.69, 9.17) is 23.2 Å². The van der Waals surface area contributed by atoms with Gasteiger partial charge in [-0.3, -0.25) is 4.79 Å². The molecule has 2 aromatic carbocycles. The number of halogens is 2. The Morgan fingerprint density at radius 1 is 1.14 bits per heavy atom. The number of hydrogen-bond acceptors (Lipinski definition) is 1. The summed E-state index contributed by atoms with van der Waals surface area (Å²) in [7, 11) is 0. The van der Waals surface area contributed by atoms with Gasteiger partial charge in [0.15, 0.2) is 0 Å². The van der Waals surface area contributed by atoms with Gasteiger partial charge in [0, 0.05) is 10.7 Å². The molecule has 4 heteroatoms. The summed E-state index contributed by atoms with van der Waals surface area (Å²) < 4.78 is 0. The third-order valence-electron chi connectivity index (χ3n) is 3.52. The highest BCUT2D eigenvalue weighted by Gasteiger charge is 2.11. The number of amides is 1. The molecule has 0 spiro atoms.